The van der Waals surface area contributed by atoms with Crippen LogP contribution in [0.2, 0.25) is 0 Å². The Balaban J connectivity index is 1.52. The SMILES string of the molecule is Cc1ccc(NC(=O)C(C)Sc2nnc3n(Cc4ccccc4)c(=O)c4ccccc4n23)c(C)c1. The van der Waals surface area contributed by atoms with E-state index in [-0.39, 0.29) is 11.5 Å². The molecular weight excluding hydrogens is 458 g/mol. The molecule has 7 nitrogen and oxygen atoms in total. The number of nitrogens with zero attached hydrogens (tertiary/aromatic N) is 4. The van der Waals surface area contributed by atoms with Gasteiger partial charge in [-0.25, -0.2) is 0 Å². The lowest BCUT2D eigenvalue weighted by atomic mass is 10.1. The van der Waals surface area contributed by atoms with Crippen LogP contribution in [0.4, 0.5) is 5.69 Å². The highest BCUT2D eigenvalue weighted by Crippen LogP contribution is 2.26. The fraction of sp³-hybridized carbons (Fsp3) is 0.185. The average molecular weight is 484 g/mol. The van der Waals surface area contributed by atoms with E-state index in [9.17, 15) is 9.59 Å². The van der Waals surface area contributed by atoms with Gasteiger partial charge in [0.1, 0.15) is 0 Å². The van der Waals surface area contributed by atoms with Gasteiger partial charge in [0.2, 0.25) is 11.7 Å². The van der Waals surface area contributed by atoms with E-state index < -0.39 is 5.25 Å². The summed E-state index contributed by atoms with van der Waals surface area (Å²) in [5, 5.41) is 12.5. The molecule has 2 heterocycles. The molecule has 0 fully saturated rings. The van der Waals surface area contributed by atoms with Crippen LogP contribution in [0.25, 0.3) is 16.7 Å². The van der Waals surface area contributed by atoms with Crippen molar-refractivity contribution >= 4 is 40.0 Å². The molecule has 5 aromatic rings. The molecule has 1 N–H and O–H groups in total. The minimum absolute atomic E-state index is 0.124. The van der Waals surface area contributed by atoms with Gasteiger partial charge in [-0.1, -0.05) is 71.9 Å². The van der Waals surface area contributed by atoms with E-state index >= 15 is 0 Å². The zero-order valence-corrected chi connectivity index (χ0v) is 20.5. The zero-order chi connectivity index (χ0) is 24.5. The van der Waals surface area contributed by atoms with E-state index in [0.29, 0.717) is 28.4 Å². The van der Waals surface area contributed by atoms with Gasteiger partial charge in [-0.3, -0.25) is 18.6 Å². The molecule has 0 aliphatic rings. The quantitative estimate of drug-likeness (QED) is 0.350. The number of fused-ring (bicyclic) bond motifs is 3. The highest BCUT2D eigenvalue weighted by Gasteiger charge is 2.22. The van der Waals surface area contributed by atoms with Gasteiger partial charge in [0, 0.05) is 5.69 Å². The van der Waals surface area contributed by atoms with E-state index in [1.165, 1.54) is 11.8 Å². The maximum atomic E-state index is 13.4. The Bertz CT molecular complexity index is 1610. The van der Waals surface area contributed by atoms with E-state index in [1.807, 2.05) is 98.0 Å². The van der Waals surface area contributed by atoms with Crippen LogP contribution in [0.1, 0.15) is 23.6 Å². The summed E-state index contributed by atoms with van der Waals surface area (Å²) in [6, 6.07) is 23.1. The second kappa shape index (κ2) is 9.38. The Labute approximate surface area is 206 Å². The van der Waals surface area contributed by atoms with Crippen LogP contribution in [0.3, 0.4) is 0 Å². The fourth-order valence-corrected chi connectivity index (χ4v) is 4.97. The van der Waals surface area contributed by atoms with Gasteiger partial charge in [0.05, 0.1) is 22.7 Å². The predicted octanol–water partition coefficient (Wildman–Crippen LogP) is 4.83. The first-order valence-corrected chi connectivity index (χ1v) is 12.3. The van der Waals surface area contributed by atoms with Crippen molar-refractivity contribution in [1.29, 1.82) is 0 Å². The van der Waals surface area contributed by atoms with Crippen molar-refractivity contribution in [1.82, 2.24) is 19.2 Å². The Morgan fingerprint density at radius 3 is 2.51 bits per heavy atom. The number of para-hydroxylation sites is 1. The molecule has 2 aromatic heterocycles. The van der Waals surface area contributed by atoms with Crippen molar-refractivity contribution in [2.24, 2.45) is 0 Å². The van der Waals surface area contributed by atoms with Crippen molar-refractivity contribution in [2.45, 2.75) is 37.7 Å². The van der Waals surface area contributed by atoms with Crippen LogP contribution in [-0.2, 0) is 11.3 Å². The normalized spacial score (nSPS) is 12.2. The van der Waals surface area contributed by atoms with Crippen LogP contribution >= 0.6 is 11.8 Å². The van der Waals surface area contributed by atoms with Crippen molar-refractivity contribution in [3.63, 3.8) is 0 Å². The average Bonchev–Trinajstić information content (AvgIpc) is 3.27. The number of nitrogens with one attached hydrogen (secondary N) is 1. The Kier molecular flexibility index (Phi) is 6.13. The molecule has 0 aliphatic carbocycles. The molecule has 0 aliphatic heterocycles. The highest BCUT2D eigenvalue weighted by atomic mass is 32.2. The summed E-state index contributed by atoms with van der Waals surface area (Å²) >= 11 is 1.31. The second-order valence-corrected chi connectivity index (χ2v) is 9.89. The molecular formula is C27H25N5O2S. The van der Waals surface area contributed by atoms with Gasteiger partial charge < -0.3 is 5.32 Å². The number of carbonyl (C=O) groups is 1. The van der Waals surface area contributed by atoms with Crippen LogP contribution in [0.5, 0.6) is 0 Å². The number of aryl methyl sites for hydroxylation is 2. The lowest BCUT2D eigenvalue weighted by Crippen LogP contribution is -2.25. The first-order chi connectivity index (χ1) is 16.9. The number of amides is 1. The molecule has 0 spiro atoms. The molecule has 0 saturated heterocycles. The van der Waals surface area contributed by atoms with Crippen LogP contribution in [0, 0.1) is 13.8 Å². The number of hydrogen-bond donors (Lipinski definition) is 1. The van der Waals surface area contributed by atoms with Crippen molar-refractivity contribution < 1.29 is 4.79 Å². The molecule has 35 heavy (non-hydrogen) atoms. The molecule has 1 unspecified atom stereocenters. The second-order valence-electron chi connectivity index (χ2n) is 8.58. The van der Waals surface area contributed by atoms with Gasteiger partial charge >= 0.3 is 0 Å². The van der Waals surface area contributed by atoms with Crippen molar-refractivity contribution in [2.75, 3.05) is 5.32 Å². The monoisotopic (exact) mass is 483 g/mol. The molecule has 1 amide bonds. The van der Waals surface area contributed by atoms with E-state index in [0.717, 1.165) is 22.4 Å². The number of rotatable bonds is 6. The molecule has 5 rings (SSSR count). The largest absolute Gasteiger partial charge is 0.325 e. The van der Waals surface area contributed by atoms with Crippen molar-refractivity contribution in [3.8, 4) is 0 Å². The van der Waals surface area contributed by atoms with E-state index in [2.05, 4.69) is 15.5 Å². The predicted molar refractivity (Wildman–Crippen MR) is 140 cm³/mol. The number of anilines is 1. The summed E-state index contributed by atoms with van der Waals surface area (Å²) < 4.78 is 3.50. The number of carbonyl (C=O) groups excluding carboxylic acids is 1. The van der Waals surface area contributed by atoms with Crippen LogP contribution in [0.15, 0.2) is 82.7 Å². The summed E-state index contributed by atoms with van der Waals surface area (Å²) in [7, 11) is 0. The van der Waals surface area contributed by atoms with Crippen molar-refractivity contribution in [3.05, 3.63) is 99.8 Å². The third-order valence-corrected chi connectivity index (χ3v) is 7.00. The Morgan fingerprint density at radius 2 is 1.74 bits per heavy atom. The van der Waals surface area contributed by atoms with E-state index in [4.69, 9.17) is 0 Å². The molecule has 0 radical (unpaired) electrons. The summed E-state index contributed by atoms with van der Waals surface area (Å²) in [5.41, 5.74) is 4.53. The minimum atomic E-state index is -0.434. The fourth-order valence-electron chi connectivity index (χ4n) is 4.12. The number of thioether (sulfide) groups is 1. The summed E-state index contributed by atoms with van der Waals surface area (Å²) in [5.74, 6) is 0.322. The Hall–Kier alpha value is -3.91. The summed E-state index contributed by atoms with van der Waals surface area (Å²) in [6.45, 7) is 6.21. The lowest BCUT2D eigenvalue weighted by molar-refractivity contribution is -0.115. The van der Waals surface area contributed by atoms with Gasteiger partial charge in [-0.05, 0) is 50.1 Å². The lowest BCUT2D eigenvalue weighted by Gasteiger charge is -2.14. The zero-order valence-electron chi connectivity index (χ0n) is 19.7. The number of aromatic nitrogens is 4. The minimum Gasteiger partial charge on any atom is -0.325 e. The molecule has 1 atom stereocenters. The van der Waals surface area contributed by atoms with Crippen LogP contribution < -0.4 is 10.9 Å². The molecule has 176 valence electrons. The molecule has 8 heteroatoms. The maximum Gasteiger partial charge on any atom is 0.263 e. The molecule has 0 bridgehead atoms. The highest BCUT2D eigenvalue weighted by molar-refractivity contribution is 8.00. The first kappa shape index (κ1) is 22.9. The third-order valence-electron chi connectivity index (χ3n) is 5.95. The van der Waals surface area contributed by atoms with E-state index in [1.54, 1.807) is 4.57 Å². The summed E-state index contributed by atoms with van der Waals surface area (Å²) in [4.78, 5) is 26.3. The first-order valence-electron chi connectivity index (χ1n) is 11.4. The molecule has 0 saturated carbocycles. The van der Waals surface area contributed by atoms with Gasteiger partial charge in [-0.15, -0.1) is 10.2 Å². The number of benzene rings is 3. The smallest absolute Gasteiger partial charge is 0.263 e. The third kappa shape index (κ3) is 4.44. The number of hydrogen-bond acceptors (Lipinski definition) is 5. The van der Waals surface area contributed by atoms with Gasteiger partial charge in [-0.2, -0.15) is 0 Å². The topological polar surface area (TPSA) is 81.3 Å². The van der Waals surface area contributed by atoms with Crippen LogP contribution in [-0.4, -0.2) is 30.3 Å². The van der Waals surface area contributed by atoms with Gasteiger partial charge in [0.25, 0.3) is 5.56 Å². The molecule has 3 aromatic carbocycles. The summed E-state index contributed by atoms with van der Waals surface area (Å²) in [6.07, 6.45) is 0. The maximum absolute atomic E-state index is 13.4. The van der Waals surface area contributed by atoms with Gasteiger partial charge in [0.15, 0.2) is 5.16 Å². The standard InChI is InChI=1S/C27H25N5O2S/c1-17-13-14-22(18(2)15-17)28-24(33)19(3)35-27-30-29-26-31(16-20-9-5-4-6-10-20)25(34)21-11-7-8-12-23(21)32(26)27/h4-15,19H,16H2,1-3H3,(H,28,33). The Morgan fingerprint density at radius 1 is 1.00 bits per heavy atom.